The molecule has 2 nitrogen and oxygen atoms in total. The van der Waals surface area contributed by atoms with Gasteiger partial charge in [-0.1, -0.05) is 6.92 Å². The summed E-state index contributed by atoms with van der Waals surface area (Å²) in [5.41, 5.74) is 0. The highest BCUT2D eigenvalue weighted by atomic mass is 35.5. The van der Waals surface area contributed by atoms with Crippen LogP contribution in [-0.4, -0.2) is 24.0 Å². The third kappa shape index (κ3) is 2.84. The van der Waals surface area contributed by atoms with Crippen molar-refractivity contribution in [3.05, 3.63) is 24.1 Å². The fourth-order valence-corrected chi connectivity index (χ4v) is 1.51. The minimum Gasteiger partial charge on any atom is -0.353 e. The minimum atomic E-state index is -0.286. The smallest absolute Gasteiger partial charge is 0.165 e. The van der Waals surface area contributed by atoms with Gasteiger partial charge in [0.25, 0.3) is 0 Å². The number of pyridine rings is 1. The highest BCUT2D eigenvalue weighted by Gasteiger charge is 2.10. The van der Waals surface area contributed by atoms with Gasteiger partial charge in [0.1, 0.15) is 0 Å². The molecular formula is C10H14ClFN2. The summed E-state index contributed by atoms with van der Waals surface area (Å²) in [5.74, 6) is 0.594. The Morgan fingerprint density at radius 2 is 2.29 bits per heavy atom. The molecule has 0 aliphatic rings. The molecule has 0 N–H and O–H groups in total. The molecule has 0 fully saturated rings. The van der Waals surface area contributed by atoms with E-state index >= 15 is 0 Å². The second kappa shape index (κ2) is 5.81. The summed E-state index contributed by atoms with van der Waals surface area (Å²) in [6.07, 6.45) is 2.54. The molecule has 0 amide bonds. The first kappa shape index (κ1) is 11.2. The van der Waals surface area contributed by atoms with Crippen molar-refractivity contribution >= 4 is 17.4 Å². The van der Waals surface area contributed by atoms with Gasteiger partial charge in [-0.15, -0.1) is 11.6 Å². The van der Waals surface area contributed by atoms with Crippen molar-refractivity contribution in [2.24, 2.45) is 0 Å². The Hall–Kier alpha value is -0.830. The molecule has 0 aromatic carbocycles. The summed E-state index contributed by atoms with van der Waals surface area (Å²) in [5, 5.41) is 0. The molecule has 0 saturated heterocycles. The maximum absolute atomic E-state index is 13.3. The van der Waals surface area contributed by atoms with Gasteiger partial charge in [0, 0.05) is 25.2 Å². The molecule has 1 heterocycles. The molecule has 14 heavy (non-hydrogen) atoms. The summed E-state index contributed by atoms with van der Waals surface area (Å²) >= 11 is 5.64. The molecule has 0 atom stereocenters. The lowest BCUT2D eigenvalue weighted by Gasteiger charge is -2.22. The molecule has 0 spiro atoms. The Kier molecular flexibility index (Phi) is 4.66. The normalized spacial score (nSPS) is 10.2. The van der Waals surface area contributed by atoms with E-state index in [0.717, 1.165) is 13.0 Å². The fourth-order valence-electron chi connectivity index (χ4n) is 1.31. The summed E-state index contributed by atoms with van der Waals surface area (Å²) in [7, 11) is 0. The summed E-state index contributed by atoms with van der Waals surface area (Å²) in [6, 6.07) is 3.00. The van der Waals surface area contributed by atoms with Crippen LogP contribution >= 0.6 is 11.6 Å². The van der Waals surface area contributed by atoms with Gasteiger partial charge in [-0.05, 0) is 18.6 Å². The quantitative estimate of drug-likeness (QED) is 0.704. The monoisotopic (exact) mass is 216 g/mol. The molecule has 0 aliphatic carbocycles. The van der Waals surface area contributed by atoms with Crippen LogP contribution in [0.25, 0.3) is 0 Å². The largest absolute Gasteiger partial charge is 0.353 e. The van der Waals surface area contributed by atoms with E-state index in [0.29, 0.717) is 18.2 Å². The standard InChI is InChI=1S/C10H14ClFN2/c1-2-7-14(8-5-11)10-9(12)4-3-6-13-10/h3-4,6H,2,5,7-8H2,1H3. The lowest BCUT2D eigenvalue weighted by molar-refractivity contribution is 0.609. The van der Waals surface area contributed by atoms with E-state index in [-0.39, 0.29) is 5.82 Å². The van der Waals surface area contributed by atoms with E-state index in [1.54, 1.807) is 12.3 Å². The fraction of sp³-hybridized carbons (Fsp3) is 0.500. The molecule has 0 bridgehead atoms. The molecule has 1 aromatic heterocycles. The van der Waals surface area contributed by atoms with Crippen LogP contribution in [0.15, 0.2) is 18.3 Å². The topological polar surface area (TPSA) is 16.1 Å². The van der Waals surface area contributed by atoms with E-state index < -0.39 is 0 Å². The number of hydrogen-bond acceptors (Lipinski definition) is 2. The number of nitrogens with zero attached hydrogens (tertiary/aromatic N) is 2. The highest BCUT2D eigenvalue weighted by Crippen LogP contribution is 2.15. The molecule has 0 radical (unpaired) electrons. The van der Waals surface area contributed by atoms with Crippen molar-refractivity contribution in [1.82, 2.24) is 4.98 Å². The summed E-state index contributed by atoms with van der Waals surface area (Å²) < 4.78 is 13.3. The molecule has 78 valence electrons. The van der Waals surface area contributed by atoms with Crippen molar-refractivity contribution in [2.45, 2.75) is 13.3 Å². The number of rotatable bonds is 5. The van der Waals surface area contributed by atoms with Gasteiger partial charge in [-0.3, -0.25) is 0 Å². The van der Waals surface area contributed by atoms with Crippen LogP contribution in [-0.2, 0) is 0 Å². The van der Waals surface area contributed by atoms with Crippen LogP contribution in [0.3, 0.4) is 0 Å². The predicted molar refractivity (Wildman–Crippen MR) is 57.4 cm³/mol. The summed E-state index contributed by atoms with van der Waals surface area (Å²) in [4.78, 5) is 5.87. The minimum absolute atomic E-state index is 0.286. The first-order valence-corrected chi connectivity index (χ1v) is 5.24. The molecule has 0 aliphatic heterocycles. The zero-order chi connectivity index (χ0) is 10.4. The highest BCUT2D eigenvalue weighted by molar-refractivity contribution is 6.18. The molecule has 1 rings (SSSR count). The second-order valence-corrected chi connectivity index (χ2v) is 3.36. The molecule has 0 unspecified atom stereocenters. The predicted octanol–water partition coefficient (Wildman–Crippen LogP) is 2.68. The molecule has 1 aromatic rings. The van der Waals surface area contributed by atoms with Crippen molar-refractivity contribution in [3.8, 4) is 0 Å². The van der Waals surface area contributed by atoms with E-state index in [1.165, 1.54) is 6.07 Å². The van der Waals surface area contributed by atoms with Crippen molar-refractivity contribution < 1.29 is 4.39 Å². The Balaban J connectivity index is 2.81. The Morgan fingerprint density at radius 1 is 1.50 bits per heavy atom. The maximum atomic E-state index is 13.3. The van der Waals surface area contributed by atoms with Crippen LogP contribution in [0.5, 0.6) is 0 Å². The number of aromatic nitrogens is 1. The van der Waals surface area contributed by atoms with Crippen LogP contribution < -0.4 is 4.90 Å². The SMILES string of the molecule is CCCN(CCCl)c1ncccc1F. The Labute approximate surface area is 88.7 Å². The lowest BCUT2D eigenvalue weighted by atomic mass is 10.3. The van der Waals surface area contributed by atoms with Gasteiger partial charge >= 0.3 is 0 Å². The molecular weight excluding hydrogens is 203 g/mol. The van der Waals surface area contributed by atoms with E-state index in [9.17, 15) is 4.39 Å². The number of anilines is 1. The van der Waals surface area contributed by atoms with E-state index in [2.05, 4.69) is 4.98 Å². The van der Waals surface area contributed by atoms with Crippen LogP contribution in [0.2, 0.25) is 0 Å². The molecule has 0 saturated carbocycles. The maximum Gasteiger partial charge on any atom is 0.165 e. The van der Waals surface area contributed by atoms with Crippen molar-refractivity contribution in [3.63, 3.8) is 0 Å². The summed E-state index contributed by atoms with van der Waals surface area (Å²) in [6.45, 7) is 3.45. The van der Waals surface area contributed by atoms with E-state index in [4.69, 9.17) is 11.6 Å². The molecule has 4 heteroatoms. The van der Waals surface area contributed by atoms with Gasteiger partial charge in [0.15, 0.2) is 11.6 Å². The lowest BCUT2D eigenvalue weighted by Crippen LogP contribution is -2.28. The van der Waals surface area contributed by atoms with Crippen molar-refractivity contribution in [2.75, 3.05) is 23.9 Å². The van der Waals surface area contributed by atoms with E-state index in [1.807, 2.05) is 11.8 Å². The number of halogens is 2. The third-order valence-electron chi connectivity index (χ3n) is 1.89. The Morgan fingerprint density at radius 3 is 2.86 bits per heavy atom. The third-order valence-corrected chi connectivity index (χ3v) is 2.06. The first-order valence-electron chi connectivity index (χ1n) is 4.71. The van der Waals surface area contributed by atoms with Gasteiger partial charge in [-0.25, -0.2) is 9.37 Å². The number of alkyl halides is 1. The van der Waals surface area contributed by atoms with Gasteiger partial charge in [0.05, 0.1) is 0 Å². The van der Waals surface area contributed by atoms with Gasteiger partial charge < -0.3 is 4.90 Å². The Bertz CT molecular complexity index is 275. The average molecular weight is 217 g/mol. The van der Waals surface area contributed by atoms with Crippen molar-refractivity contribution in [1.29, 1.82) is 0 Å². The average Bonchev–Trinajstić information content (AvgIpc) is 2.18. The van der Waals surface area contributed by atoms with Crippen LogP contribution in [0, 0.1) is 5.82 Å². The van der Waals surface area contributed by atoms with Gasteiger partial charge in [-0.2, -0.15) is 0 Å². The second-order valence-electron chi connectivity index (χ2n) is 2.98. The first-order chi connectivity index (χ1) is 6.79. The zero-order valence-corrected chi connectivity index (χ0v) is 8.97. The number of hydrogen-bond donors (Lipinski definition) is 0. The van der Waals surface area contributed by atoms with Crippen LogP contribution in [0.4, 0.5) is 10.2 Å². The zero-order valence-electron chi connectivity index (χ0n) is 8.21. The van der Waals surface area contributed by atoms with Crippen LogP contribution in [0.1, 0.15) is 13.3 Å². The van der Waals surface area contributed by atoms with Gasteiger partial charge in [0.2, 0.25) is 0 Å².